The summed E-state index contributed by atoms with van der Waals surface area (Å²) in [6.07, 6.45) is 6.30. The molecular weight excluding hydrogens is 166 g/mol. The molecule has 0 spiro atoms. The van der Waals surface area contributed by atoms with Gasteiger partial charge < -0.3 is 15.0 Å². The third-order valence-corrected chi connectivity index (χ3v) is 2.27. The van der Waals surface area contributed by atoms with E-state index in [1.807, 2.05) is 10.8 Å². The first-order chi connectivity index (χ1) is 6.40. The summed E-state index contributed by atoms with van der Waals surface area (Å²) in [5, 5.41) is 0. The Hall–Kier alpha value is -0.870. The number of nitrogens with zero attached hydrogens (tertiary/aromatic N) is 2. The van der Waals surface area contributed by atoms with Gasteiger partial charge in [0.1, 0.15) is 12.6 Å². The summed E-state index contributed by atoms with van der Waals surface area (Å²) in [5.41, 5.74) is 5.50. The van der Waals surface area contributed by atoms with Gasteiger partial charge in [0.15, 0.2) is 0 Å². The maximum atomic E-state index is 5.51. The van der Waals surface area contributed by atoms with Crippen molar-refractivity contribution in [1.82, 2.24) is 9.55 Å². The highest BCUT2D eigenvalue weighted by molar-refractivity contribution is 4.90. The van der Waals surface area contributed by atoms with E-state index in [4.69, 9.17) is 10.5 Å². The zero-order chi connectivity index (χ0) is 9.10. The number of aromatic nitrogens is 2. The first-order valence-electron chi connectivity index (χ1n) is 4.68. The van der Waals surface area contributed by atoms with E-state index >= 15 is 0 Å². The van der Waals surface area contributed by atoms with Gasteiger partial charge in [0.05, 0.1) is 13.2 Å². The number of imidazole rings is 1. The molecule has 72 valence electrons. The van der Waals surface area contributed by atoms with Crippen molar-refractivity contribution in [2.45, 2.75) is 26.1 Å². The van der Waals surface area contributed by atoms with Crippen LogP contribution in [0.2, 0.25) is 0 Å². The van der Waals surface area contributed by atoms with Crippen LogP contribution >= 0.6 is 0 Å². The van der Waals surface area contributed by atoms with E-state index in [-0.39, 0.29) is 0 Å². The fraction of sp³-hybridized carbons (Fsp3) is 0.667. The number of hydrogen-bond acceptors (Lipinski definition) is 3. The Bertz CT molecular complexity index is 268. The second kappa shape index (κ2) is 3.89. The van der Waals surface area contributed by atoms with Crippen LogP contribution in [0.4, 0.5) is 0 Å². The van der Waals surface area contributed by atoms with Crippen molar-refractivity contribution < 1.29 is 4.74 Å². The molecule has 1 aliphatic carbocycles. The molecule has 0 atom stereocenters. The summed E-state index contributed by atoms with van der Waals surface area (Å²) >= 11 is 0. The number of ether oxygens (including phenoxy) is 1. The van der Waals surface area contributed by atoms with Crippen LogP contribution in [-0.4, -0.2) is 16.2 Å². The number of hydrogen-bond donors (Lipinski definition) is 1. The van der Waals surface area contributed by atoms with Crippen molar-refractivity contribution in [2.75, 3.05) is 6.61 Å². The van der Waals surface area contributed by atoms with Crippen LogP contribution in [0.1, 0.15) is 18.7 Å². The highest BCUT2D eigenvalue weighted by Gasteiger charge is 2.21. The average molecular weight is 181 g/mol. The Morgan fingerprint density at radius 3 is 3.15 bits per heavy atom. The van der Waals surface area contributed by atoms with Crippen molar-refractivity contribution in [3.8, 4) is 0 Å². The van der Waals surface area contributed by atoms with Gasteiger partial charge >= 0.3 is 0 Å². The molecule has 1 aromatic rings. The second-order valence-corrected chi connectivity index (χ2v) is 3.46. The van der Waals surface area contributed by atoms with Crippen LogP contribution in [0.15, 0.2) is 12.4 Å². The molecule has 1 fully saturated rings. The van der Waals surface area contributed by atoms with E-state index in [9.17, 15) is 0 Å². The molecule has 1 saturated carbocycles. The molecule has 0 saturated heterocycles. The third kappa shape index (κ3) is 2.29. The smallest absolute Gasteiger partial charge is 0.124 e. The van der Waals surface area contributed by atoms with E-state index in [1.165, 1.54) is 12.8 Å². The van der Waals surface area contributed by atoms with Gasteiger partial charge in [-0.2, -0.15) is 0 Å². The number of nitrogens with two attached hydrogens (primary N) is 1. The van der Waals surface area contributed by atoms with E-state index in [2.05, 4.69) is 4.98 Å². The molecule has 2 N–H and O–H groups in total. The molecule has 4 heteroatoms. The van der Waals surface area contributed by atoms with Crippen molar-refractivity contribution in [1.29, 1.82) is 0 Å². The van der Waals surface area contributed by atoms with Crippen LogP contribution in [-0.2, 0) is 18.0 Å². The molecule has 4 nitrogen and oxygen atoms in total. The van der Waals surface area contributed by atoms with Gasteiger partial charge in [-0.15, -0.1) is 0 Å². The van der Waals surface area contributed by atoms with Crippen LogP contribution in [0.5, 0.6) is 0 Å². The molecular formula is C9H15N3O. The van der Waals surface area contributed by atoms with Gasteiger partial charge in [-0.25, -0.2) is 4.98 Å². The van der Waals surface area contributed by atoms with E-state index < -0.39 is 0 Å². The maximum absolute atomic E-state index is 5.51. The summed E-state index contributed by atoms with van der Waals surface area (Å²) < 4.78 is 7.46. The fourth-order valence-corrected chi connectivity index (χ4v) is 1.25. The molecule has 0 amide bonds. The summed E-state index contributed by atoms with van der Waals surface area (Å²) in [7, 11) is 0. The molecule has 1 aromatic heterocycles. The average Bonchev–Trinajstić information content (AvgIpc) is 2.84. The lowest BCUT2D eigenvalue weighted by Crippen LogP contribution is -2.10. The predicted octanol–water partition coefficient (Wildman–Crippen LogP) is 0.726. The Kier molecular flexibility index (Phi) is 2.61. The maximum Gasteiger partial charge on any atom is 0.124 e. The van der Waals surface area contributed by atoms with Gasteiger partial charge in [0.25, 0.3) is 0 Å². The van der Waals surface area contributed by atoms with Crippen LogP contribution in [0.3, 0.4) is 0 Å². The lowest BCUT2D eigenvalue weighted by molar-refractivity contribution is 0.0672. The van der Waals surface area contributed by atoms with E-state index in [1.54, 1.807) is 6.20 Å². The molecule has 0 aliphatic heterocycles. The monoisotopic (exact) mass is 181 g/mol. The Morgan fingerprint density at radius 1 is 1.62 bits per heavy atom. The molecule has 1 heterocycles. The van der Waals surface area contributed by atoms with Gasteiger partial charge in [0, 0.05) is 12.4 Å². The molecule has 0 unspecified atom stereocenters. The van der Waals surface area contributed by atoms with Crippen LogP contribution in [0.25, 0.3) is 0 Å². The fourth-order valence-electron chi connectivity index (χ4n) is 1.25. The molecule has 0 bridgehead atoms. The first kappa shape index (κ1) is 8.72. The van der Waals surface area contributed by atoms with E-state index in [0.29, 0.717) is 13.3 Å². The zero-order valence-corrected chi connectivity index (χ0v) is 7.65. The minimum absolute atomic E-state index is 0.472. The summed E-state index contributed by atoms with van der Waals surface area (Å²) in [5.74, 6) is 1.70. The molecule has 0 aromatic carbocycles. The van der Waals surface area contributed by atoms with Gasteiger partial charge in [-0.1, -0.05) is 0 Å². The van der Waals surface area contributed by atoms with Crippen molar-refractivity contribution in [3.05, 3.63) is 18.2 Å². The zero-order valence-electron chi connectivity index (χ0n) is 7.65. The lowest BCUT2D eigenvalue weighted by Gasteiger charge is -2.06. The molecule has 1 aliphatic rings. The Morgan fingerprint density at radius 2 is 2.46 bits per heavy atom. The van der Waals surface area contributed by atoms with Crippen LogP contribution < -0.4 is 5.73 Å². The largest absolute Gasteiger partial charge is 0.360 e. The molecule has 2 rings (SSSR count). The van der Waals surface area contributed by atoms with Gasteiger partial charge in [0.2, 0.25) is 0 Å². The summed E-state index contributed by atoms with van der Waals surface area (Å²) in [4.78, 5) is 4.11. The Labute approximate surface area is 77.7 Å². The minimum atomic E-state index is 0.472. The normalized spacial score (nSPS) is 16.4. The lowest BCUT2D eigenvalue weighted by atomic mass is 10.5. The first-order valence-corrected chi connectivity index (χ1v) is 4.68. The summed E-state index contributed by atoms with van der Waals surface area (Å²) in [6.45, 7) is 1.94. The predicted molar refractivity (Wildman–Crippen MR) is 48.8 cm³/mol. The van der Waals surface area contributed by atoms with Crippen LogP contribution in [0, 0.1) is 5.92 Å². The van der Waals surface area contributed by atoms with E-state index in [0.717, 1.165) is 18.3 Å². The quantitative estimate of drug-likeness (QED) is 0.728. The highest BCUT2D eigenvalue weighted by atomic mass is 16.5. The van der Waals surface area contributed by atoms with Crippen molar-refractivity contribution >= 4 is 0 Å². The van der Waals surface area contributed by atoms with Gasteiger partial charge in [-0.05, 0) is 18.8 Å². The molecule has 13 heavy (non-hydrogen) atoms. The summed E-state index contributed by atoms with van der Waals surface area (Å²) in [6, 6.07) is 0. The molecule has 0 radical (unpaired) electrons. The second-order valence-electron chi connectivity index (χ2n) is 3.46. The van der Waals surface area contributed by atoms with Gasteiger partial charge in [-0.3, -0.25) is 0 Å². The minimum Gasteiger partial charge on any atom is -0.360 e. The highest BCUT2D eigenvalue weighted by Crippen LogP contribution is 2.28. The SMILES string of the molecule is NCc1nccn1COCC1CC1. The third-order valence-electron chi connectivity index (χ3n) is 2.27. The Balaban J connectivity index is 1.78. The number of rotatable bonds is 5. The topological polar surface area (TPSA) is 53.1 Å². The van der Waals surface area contributed by atoms with Crippen molar-refractivity contribution in [2.24, 2.45) is 11.7 Å². The standard InChI is InChI=1S/C9H15N3O/c10-5-9-11-3-4-12(9)7-13-6-8-1-2-8/h3-4,8H,1-2,5-7,10H2. The van der Waals surface area contributed by atoms with Crippen molar-refractivity contribution in [3.63, 3.8) is 0 Å².